The lowest BCUT2D eigenvalue weighted by Gasteiger charge is -1.98. The third kappa shape index (κ3) is 1.07. The Morgan fingerprint density at radius 1 is 1.42 bits per heavy atom. The van der Waals surface area contributed by atoms with Gasteiger partial charge < -0.3 is 0 Å². The van der Waals surface area contributed by atoms with Crippen LogP contribution in [0.5, 0.6) is 0 Å². The standard InChI is InChI=1S/C8H8N4/c1-6-7(4-9-5-10-6)8-2-3-11-12-8/h2-5H,1H3,(H,11,12). The molecule has 0 aliphatic heterocycles. The lowest BCUT2D eigenvalue weighted by Crippen LogP contribution is -1.88. The summed E-state index contributed by atoms with van der Waals surface area (Å²) in [5, 5.41) is 6.72. The maximum Gasteiger partial charge on any atom is 0.115 e. The Morgan fingerprint density at radius 2 is 2.33 bits per heavy atom. The number of H-pyrrole nitrogens is 1. The molecule has 2 heterocycles. The second kappa shape index (κ2) is 2.73. The summed E-state index contributed by atoms with van der Waals surface area (Å²) in [6.45, 7) is 1.94. The molecule has 1 N–H and O–H groups in total. The van der Waals surface area contributed by atoms with Crippen LogP contribution < -0.4 is 0 Å². The van der Waals surface area contributed by atoms with E-state index in [9.17, 15) is 0 Å². The van der Waals surface area contributed by atoms with Gasteiger partial charge in [0.1, 0.15) is 6.33 Å². The molecule has 0 spiro atoms. The van der Waals surface area contributed by atoms with Gasteiger partial charge in [-0.15, -0.1) is 0 Å². The maximum absolute atomic E-state index is 4.08. The molecule has 0 aliphatic carbocycles. The summed E-state index contributed by atoms with van der Waals surface area (Å²) in [6, 6.07) is 1.89. The molecule has 0 saturated heterocycles. The van der Waals surface area contributed by atoms with Crippen molar-refractivity contribution in [3.63, 3.8) is 0 Å². The van der Waals surface area contributed by atoms with Gasteiger partial charge in [0.05, 0.1) is 11.4 Å². The number of hydrogen-bond acceptors (Lipinski definition) is 3. The number of nitrogens with zero attached hydrogens (tertiary/aromatic N) is 3. The fraction of sp³-hybridized carbons (Fsp3) is 0.125. The van der Waals surface area contributed by atoms with E-state index in [0.717, 1.165) is 17.0 Å². The number of aromatic amines is 1. The molecule has 0 aliphatic rings. The van der Waals surface area contributed by atoms with Crippen molar-refractivity contribution < 1.29 is 0 Å². The highest BCUT2D eigenvalue weighted by atomic mass is 15.1. The van der Waals surface area contributed by atoms with Gasteiger partial charge in [-0.25, -0.2) is 9.97 Å². The summed E-state index contributed by atoms with van der Waals surface area (Å²) in [5.74, 6) is 0. The Kier molecular flexibility index (Phi) is 1.59. The van der Waals surface area contributed by atoms with E-state index in [0.29, 0.717) is 0 Å². The molecule has 0 saturated carbocycles. The molecule has 0 bridgehead atoms. The minimum atomic E-state index is 0.952. The highest BCUT2D eigenvalue weighted by Crippen LogP contribution is 2.16. The van der Waals surface area contributed by atoms with Crippen LogP contribution in [0.15, 0.2) is 24.8 Å². The first-order valence-corrected chi connectivity index (χ1v) is 3.64. The van der Waals surface area contributed by atoms with E-state index in [1.165, 1.54) is 6.33 Å². The molecule has 60 valence electrons. The van der Waals surface area contributed by atoms with E-state index < -0.39 is 0 Å². The monoisotopic (exact) mass is 160 g/mol. The van der Waals surface area contributed by atoms with Crippen molar-refractivity contribution >= 4 is 0 Å². The van der Waals surface area contributed by atoms with Gasteiger partial charge in [0, 0.05) is 18.0 Å². The summed E-state index contributed by atoms with van der Waals surface area (Å²) >= 11 is 0. The molecule has 0 atom stereocenters. The van der Waals surface area contributed by atoms with Crippen LogP contribution in [0.3, 0.4) is 0 Å². The summed E-state index contributed by atoms with van der Waals surface area (Å²) in [7, 11) is 0. The van der Waals surface area contributed by atoms with Crippen molar-refractivity contribution in [2.45, 2.75) is 6.92 Å². The average Bonchev–Trinajstić information content (AvgIpc) is 2.57. The van der Waals surface area contributed by atoms with Crippen LogP contribution in [0, 0.1) is 6.92 Å². The van der Waals surface area contributed by atoms with Gasteiger partial charge in [-0.05, 0) is 13.0 Å². The van der Waals surface area contributed by atoms with Gasteiger partial charge in [0.15, 0.2) is 0 Å². The normalized spacial score (nSPS) is 10.1. The van der Waals surface area contributed by atoms with Crippen LogP contribution in [-0.2, 0) is 0 Å². The Balaban J connectivity index is 2.55. The van der Waals surface area contributed by atoms with Crippen molar-refractivity contribution in [3.05, 3.63) is 30.5 Å². The summed E-state index contributed by atoms with van der Waals surface area (Å²) in [4.78, 5) is 8.02. The second-order valence-electron chi connectivity index (χ2n) is 2.49. The SMILES string of the molecule is Cc1ncncc1-c1ccn[nH]1. The van der Waals surface area contributed by atoms with Gasteiger partial charge in [0.2, 0.25) is 0 Å². The average molecular weight is 160 g/mol. The first-order valence-electron chi connectivity index (χ1n) is 3.64. The zero-order chi connectivity index (χ0) is 8.39. The molecule has 0 amide bonds. The summed E-state index contributed by atoms with van der Waals surface area (Å²) in [5.41, 5.74) is 2.90. The predicted octanol–water partition coefficient (Wildman–Crippen LogP) is 1.18. The van der Waals surface area contributed by atoms with E-state index in [1.807, 2.05) is 13.0 Å². The lowest BCUT2D eigenvalue weighted by molar-refractivity contribution is 1.06. The minimum Gasteiger partial charge on any atom is -0.278 e. The smallest absolute Gasteiger partial charge is 0.115 e. The van der Waals surface area contributed by atoms with E-state index in [1.54, 1.807) is 12.4 Å². The first-order chi connectivity index (χ1) is 5.88. The van der Waals surface area contributed by atoms with E-state index in [-0.39, 0.29) is 0 Å². The van der Waals surface area contributed by atoms with E-state index in [4.69, 9.17) is 0 Å². The Labute approximate surface area is 69.7 Å². The summed E-state index contributed by atoms with van der Waals surface area (Å²) in [6.07, 6.45) is 5.02. The van der Waals surface area contributed by atoms with Gasteiger partial charge in [-0.3, -0.25) is 5.10 Å². The highest BCUT2D eigenvalue weighted by molar-refractivity contribution is 5.59. The minimum absolute atomic E-state index is 0.952. The number of nitrogens with one attached hydrogen (secondary N) is 1. The lowest BCUT2D eigenvalue weighted by atomic mass is 10.2. The summed E-state index contributed by atoms with van der Waals surface area (Å²) < 4.78 is 0. The van der Waals surface area contributed by atoms with Crippen LogP contribution in [0.2, 0.25) is 0 Å². The molecular formula is C8H8N4. The number of hydrogen-bond donors (Lipinski definition) is 1. The zero-order valence-electron chi connectivity index (χ0n) is 6.65. The Morgan fingerprint density at radius 3 is 3.00 bits per heavy atom. The number of aryl methyl sites for hydroxylation is 1. The maximum atomic E-state index is 4.08. The van der Waals surface area contributed by atoms with Crippen molar-refractivity contribution in [3.8, 4) is 11.3 Å². The van der Waals surface area contributed by atoms with Crippen molar-refractivity contribution in [2.75, 3.05) is 0 Å². The van der Waals surface area contributed by atoms with Gasteiger partial charge in [-0.1, -0.05) is 0 Å². The fourth-order valence-corrected chi connectivity index (χ4v) is 1.06. The van der Waals surface area contributed by atoms with Gasteiger partial charge in [-0.2, -0.15) is 5.10 Å². The van der Waals surface area contributed by atoms with Crippen LogP contribution in [-0.4, -0.2) is 20.2 Å². The molecule has 4 heteroatoms. The van der Waals surface area contributed by atoms with Crippen molar-refractivity contribution in [2.24, 2.45) is 0 Å². The molecular weight excluding hydrogens is 152 g/mol. The molecule has 0 unspecified atom stereocenters. The van der Waals surface area contributed by atoms with Crippen molar-refractivity contribution in [1.29, 1.82) is 0 Å². The number of aromatic nitrogens is 4. The van der Waals surface area contributed by atoms with Crippen LogP contribution in [0.25, 0.3) is 11.3 Å². The molecule has 0 radical (unpaired) electrons. The highest BCUT2D eigenvalue weighted by Gasteiger charge is 2.02. The van der Waals surface area contributed by atoms with Gasteiger partial charge >= 0.3 is 0 Å². The predicted molar refractivity (Wildman–Crippen MR) is 44.4 cm³/mol. The largest absolute Gasteiger partial charge is 0.278 e. The molecule has 0 aromatic carbocycles. The van der Waals surface area contributed by atoms with Gasteiger partial charge in [0.25, 0.3) is 0 Å². The van der Waals surface area contributed by atoms with Crippen LogP contribution >= 0.6 is 0 Å². The van der Waals surface area contributed by atoms with Crippen LogP contribution in [0.1, 0.15) is 5.69 Å². The first kappa shape index (κ1) is 6.97. The third-order valence-electron chi connectivity index (χ3n) is 1.70. The topological polar surface area (TPSA) is 54.5 Å². The molecule has 0 fully saturated rings. The second-order valence-corrected chi connectivity index (χ2v) is 2.49. The van der Waals surface area contributed by atoms with Crippen molar-refractivity contribution in [1.82, 2.24) is 20.2 Å². The third-order valence-corrected chi connectivity index (χ3v) is 1.70. The Hall–Kier alpha value is -1.71. The molecule has 2 aromatic rings. The van der Waals surface area contributed by atoms with E-state index in [2.05, 4.69) is 20.2 Å². The molecule has 2 rings (SSSR count). The fourth-order valence-electron chi connectivity index (χ4n) is 1.06. The van der Waals surface area contributed by atoms with Crippen LogP contribution in [0.4, 0.5) is 0 Å². The zero-order valence-corrected chi connectivity index (χ0v) is 6.65. The van der Waals surface area contributed by atoms with E-state index >= 15 is 0 Å². The quantitative estimate of drug-likeness (QED) is 0.681. The molecule has 2 aromatic heterocycles. The number of rotatable bonds is 1. The molecule has 4 nitrogen and oxygen atoms in total. The Bertz CT molecular complexity index is 366. The molecule has 12 heavy (non-hydrogen) atoms.